The van der Waals surface area contributed by atoms with Crippen molar-refractivity contribution in [2.24, 2.45) is 5.73 Å². The number of ether oxygens (including phenoxy) is 1. The number of rotatable bonds is 7. The van der Waals surface area contributed by atoms with Crippen LogP contribution in [0.4, 0.5) is 5.69 Å². The predicted octanol–water partition coefficient (Wildman–Crippen LogP) is 3.91. The minimum atomic E-state index is -0.0582. The molecule has 0 aromatic heterocycles. The van der Waals surface area contributed by atoms with Gasteiger partial charge in [-0.05, 0) is 41.0 Å². The third-order valence-corrected chi connectivity index (χ3v) is 3.98. The van der Waals surface area contributed by atoms with Gasteiger partial charge in [0, 0.05) is 12.2 Å². The molecule has 4 nitrogen and oxygen atoms in total. The van der Waals surface area contributed by atoms with Crippen molar-refractivity contribution in [1.82, 2.24) is 0 Å². The number of nitrogens with one attached hydrogen (secondary N) is 1. The summed E-state index contributed by atoms with van der Waals surface area (Å²) in [5.74, 6) is 0.728. The minimum absolute atomic E-state index is 0.0582. The number of hydrogen-bond donors (Lipinski definition) is 2. The first-order chi connectivity index (χ1) is 12.7. The van der Waals surface area contributed by atoms with E-state index in [2.05, 4.69) is 5.32 Å². The van der Waals surface area contributed by atoms with E-state index in [9.17, 15) is 4.79 Å². The lowest BCUT2D eigenvalue weighted by Gasteiger charge is -2.09. The Bertz CT molecular complexity index is 846. The van der Waals surface area contributed by atoms with Gasteiger partial charge in [0.2, 0.25) is 5.91 Å². The van der Waals surface area contributed by atoms with Crippen LogP contribution in [0.2, 0.25) is 0 Å². The largest absolute Gasteiger partial charge is 0.489 e. The van der Waals surface area contributed by atoms with E-state index in [-0.39, 0.29) is 5.91 Å². The van der Waals surface area contributed by atoms with Crippen molar-refractivity contribution in [3.05, 3.63) is 95.6 Å². The van der Waals surface area contributed by atoms with Crippen LogP contribution in [0.25, 0.3) is 0 Å². The lowest BCUT2D eigenvalue weighted by atomic mass is 10.1. The zero-order chi connectivity index (χ0) is 18.2. The van der Waals surface area contributed by atoms with Crippen molar-refractivity contribution in [2.45, 2.75) is 19.6 Å². The Morgan fingerprint density at radius 1 is 0.846 bits per heavy atom. The zero-order valence-corrected chi connectivity index (χ0v) is 14.5. The van der Waals surface area contributed by atoms with Crippen LogP contribution >= 0.6 is 0 Å². The van der Waals surface area contributed by atoms with Crippen LogP contribution in [-0.4, -0.2) is 5.91 Å². The number of carbonyl (C=O) groups excluding carboxylic acids is 1. The SMILES string of the molecule is NCc1cccc(NC(=O)Cc2ccc(OCc3ccccc3)cc2)c1. The average Bonchev–Trinajstić information content (AvgIpc) is 2.68. The van der Waals surface area contributed by atoms with Gasteiger partial charge in [-0.15, -0.1) is 0 Å². The van der Waals surface area contributed by atoms with E-state index < -0.39 is 0 Å². The fourth-order valence-corrected chi connectivity index (χ4v) is 2.61. The van der Waals surface area contributed by atoms with Crippen LogP contribution < -0.4 is 15.8 Å². The highest BCUT2D eigenvalue weighted by atomic mass is 16.5. The Balaban J connectivity index is 1.52. The highest BCUT2D eigenvalue weighted by molar-refractivity contribution is 5.92. The van der Waals surface area contributed by atoms with Crippen LogP contribution in [0.5, 0.6) is 5.75 Å². The van der Waals surface area contributed by atoms with Gasteiger partial charge in [-0.1, -0.05) is 54.6 Å². The normalized spacial score (nSPS) is 10.3. The number of hydrogen-bond acceptors (Lipinski definition) is 3. The summed E-state index contributed by atoms with van der Waals surface area (Å²) in [6.45, 7) is 0.978. The number of carbonyl (C=O) groups is 1. The van der Waals surface area contributed by atoms with Gasteiger partial charge in [0.1, 0.15) is 12.4 Å². The molecule has 0 radical (unpaired) electrons. The summed E-state index contributed by atoms with van der Waals surface area (Å²) < 4.78 is 5.76. The molecule has 0 unspecified atom stereocenters. The van der Waals surface area contributed by atoms with Crippen molar-refractivity contribution in [2.75, 3.05) is 5.32 Å². The first-order valence-electron chi connectivity index (χ1n) is 8.57. The quantitative estimate of drug-likeness (QED) is 0.682. The van der Waals surface area contributed by atoms with Crippen LogP contribution in [0.3, 0.4) is 0 Å². The summed E-state index contributed by atoms with van der Waals surface area (Å²) in [6.07, 6.45) is 0.311. The molecule has 0 aliphatic rings. The van der Waals surface area contributed by atoms with Gasteiger partial charge in [-0.25, -0.2) is 0 Å². The van der Waals surface area contributed by atoms with Gasteiger partial charge in [0.05, 0.1) is 6.42 Å². The molecular formula is C22H22N2O2. The molecule has 0 atom stereocenters. The number of anilines is 1. The van der Waals surface area contributed by atoms with Crippen LogP contribution in [0.15, 0.2) is 78.9 Å². The van der Waals surface area contributed by atoms with Crippen LogP contribution in [-0.2, 0) is 24.4 Å². The Morgan fingerprint density at radius 3 is 2.31 bits per heavy atom. The predicted molar refractivity (Wildman–Crippen MR) is 104 cm³/mol. The van der Waals surface area contributed by atoms with Crippen molar-refractivity contribution in [3.63, 3.8) is 0 Å². The van der Waals surface area contributed by atoms with Crippen molar-refractivity contribution in [1.29, 1.82) is 0 Å². The molecule has 0 saturated heterocycles. The van der Waals surface area contributed by atoms with E-state index in [0.717, 1.165) is 28.1 Å². The van der Waals surface area contributed by atoms with Gasteiger partial charge >= 0.3 is 0 Å². The van der Waals surface area contributed by atoms with E-state index in [4.69, 9.17) is 10.5 Å². The average molecular weight is 346 g/mol. The van der Waals surface area contributed by atoms with Crippen molar-refractivity contribution < 1.29 is 9.53 Å². The maximum Gasteiger partial charge on any atom is 0.228 e. The summed E-state index contributed by atoms with van der Waals surface area (Å²) in [6, 6.07) is 25.2. The molecule has 0 aliphatic carbocycles. The summed E-state index contributed by atoms with van der Waals surface area (Å²) in [5, 5.41) is 2.90. The monoisotopic (exact) mass is 346 g/mol. The van der Waals surface area contributed by atoms with E-state index in [0.29, 0.717) is 19.6 Å². The summed E-state index contributed by atoms with van der Waals surface area (Å²) in [7, 11) is 0. The second-order valence-corrected chi connectivity index (χ2v) is 6.05. The lowest BCUT2D eigenvalue weighted by molar-refractivity contribution is -0.115. The van der Waals surface area contributed by atoms with Gasteiger partial charge in [-0.3, -0.25) is 4.79 Å². The fraction of sp³-hybridized carbons (Fsp3) is 0.136. The lowest BCUT2D eigenvalue weighted by Crippen LogP contribution is -2.14. The second kappa shape index (κ2) is 8.83. The molecule has 3 N–H and O–H groups in total. The molecule has 0 bridgehead atoms. The molecule has 3 rings (SSSR count). The van der Waals surface area contributed by atoms with E-state index in [1.807, 2.05) is 78.9 Å². The number of amides is 1. The molecule has 0 heterocycles. The Kier molecular flexibility index (Phi) is 6.01. The standard InChI is InChI=1S/C22H22N2O2/c23-15-19-7-4-8-20(13-19)24-22(25)14-17-9-11-21(12-10-17)26-16-18-5-2-1-3-6-18/h1-13H,14-16,23H2,(H,24,25). The Labute approximate surface area is 153 Å². The fourth-order valence-electron chi connectivity index (χ4n) is 2.61. The van der Waals surface area contributed by atoms with E-state index in [1.165, 1.54) is 0 Å². The van der Waals surface area contributed by atoms with Crippen molar-refractivity contribution >= 4 is 11.6 Å². The maximum atomic E-state index is 12.2. The summed E-state index contributed by atoms with van der Waals surface area (Å²) in [4.78, 5) is 12.2. The first kappa shape index (κ1) is 17.7. The number of nitrogens with two attached hydrogens (primary N) is 1. The van der Waals surface area contributed by atoms with Gasteiger partial charge in [0.25, 0.3) is 0 Å². The van der Waals surface area contributed by atoms with Crippen LogP contribution in [0.1, 0.15) is 16.7 Å². The Morgan fingerprint density at radius 2 is 1.58 bits per heavy atom. The van der Waals surface area contributed by atoms with Crippen molar-refractivity contribution in [3.8, 4) is 5.75 Å². The molecule has 4 heteroatoms. The molecule has 3 aromatic rings. The first-order valence-corrected chi connectivity index (χ1v) is 8.57. The molecule has 0 aliphatic heterocycles. The molecule has 0 spiro atoms. The van der Waals surface area contributed by atoms with Gasteiger partial charge in [0.15, 0.2) is 0 Å². The summed E-state index contributed by atoms with van der Waals surface area (Å²) >= 11 is 0. The minimum Gasteiger partial charge on any atom is -0.489 e. The molecule has 1 amide bonds. The van der Waals surface area contributed by atoms with Crippen LogP contribution in [0, 0.1) is 0 Å². The maximum absolute atomic E-state index is 12.2. The number of benzene rings is 3. The van der Waals surface area contributed by atoms with E-state index >= 15 is 0 Å². The molecule has 3 aromatic carbocycles. The smallest absolute Gasteiger partial charge is 0.228 e. The Hall–Kier alpha value is -3.11. The molecule has 26 heavy (non-hydrogen) atoms. The third-order valence-electron chi connectivity index (χ3n) is 3.98. The molecule has 0 fully saturated rings. The summed E-state index contributed by atoms with van der Waals surface area (Å²) in [5.41, 5.74) is 9.43. The molecule has 0 saturated carbocycles. The molecular weight excluding hydrogens is 324 g/mol. The van der Waals surface area contributed by atoms with E-state index in [1.54, 1.807) is 0 Å². The topological polar surface area (TPSA) is 64.3 Å². The second-order valence-electron chi connectivity index (χ2n) is 6.05. The highest BCUT2D eigenvalue weighted by Gasteiger charge is 2.05. The molecule has 132 valence electrons. The van der Waals surface area contributed by atoms with Gasteiger partial charge in [-0.2, -0.15) is 0 Å². The van der Waals surface area contributed by atoms with Gasteiger partial charge < -0.3 is 15.8 Å². The third kappa shape index (κ3) is 5.19. The zero-order valence-electron chi connectivity index (χ0n) is 14.5. The highest BCUT2D eigenvalue weighted by Crippen LogP contribution is 2.16.